The number of aromatic amines is 1. The van der Waals surface area contributed by atoms with Crippen LogP contribution in [-0.4, -0.2) is 20.9 Å². The zero-order valence-electron chi connectivity index (χ0n) is 13.7. The SMILES string of the molecule is CC1(C)C/C(=N/O)c2c(nc(C(F)(F)F)c3[nH]c4ccccc4c23)C1. The van der Waals surface area contributed by atoms with Crippen molar-refractivity contribution >= 4 is 27.5 Å². The highest BCUT2D eigenvalue weighted by atomic mass is 19.4. The van der Waals surface area contributed by atoms with Gasteiger partial charge in [-0.25, -0.2) is 4.98 Å². The Balaban J connectivity index is 2.22. The molecule has 25 heavy (non-hydrogen) atoms. The lowest BCUT2D eigenvalue weighted by Crippen LogP contribution is -2.29. The van der Waals surface area contributed by atoms with Crippen molar-refractivity contribution in [2.45, 2.75) is 32.9 Å². The van der Waals surface area contributed by atoms with Crippen molar-refractivity contribution < 1.29 is 18.4 Å². The second-order valence-electron chi connectivity index (χ2n) is 7.26. The van der Waals surface area contributed by atoms with Crippen LogP contribution in [0.25, 0.3) is 21.8 Å². The lowest BCUT2D eigenvalue weighted by molar-refractivity contribution is -0.140. The quantitative estimate of drug-likeness (QED) is 0.449. The van der Waals surface area contributed by atoms with Gasteiger partial charge in [0.1, 0.15) is 0 Å². The molecule has 0 spiro atoms. The van der Waals surface area contributed by atoms with Crippen LogP contribution < -0.4 is 0 Å². The van der Waals surface area contributed by atoms with E-state index in [1.165, 1.54) is 0 Å². The standard InChI is InChI=1S/C18H16F3N3O/c1-17(2)7-11-14(12(8-17)24-25)13-9-5-3-4-6-10(9)22-15(13)16(23-11)18(19,20)21/h3-6,22,25H,7-8H2,1-2H3/b24-12-. The van der Waals surface area contributed by atoms with Gasteiger partial charge in [-0.2, -0.15) is 13.2 Å². The summed E-state index contributed by atoms with van der Waals surface area (Å²) in [5, 5.41) is 14.0. The van der Waals surface area contributed by atoms with E-state index in [4.69, 9.17) is 0 Å². The van der Waals surface area contributed by atoms with Crippen molar-refractivity contribution in [3.05, 3.63) is 41.2 Å². The minimum atomic E-state index is -4.58. The monoisotopic (exact) mass is 347 g/mol. The van der Waals surface area contributed by atoms with Gasteiger partial charge in [0, 0.05) is 21.9 Å². The molecule has 2 heterocycles. The first-order valence-corrected chi connectivity index (χ1v) is 7.93. The predicted octanol–water partition coefficient (Wildman–Crippen LogP) is 4.89. The number of halogens is 3. The maximum atomic E-state index is 13.6. The second kappa shape index (κ2) is 4.97. The molecule has 0 amide bonds. The van der Waals surface area contributed by atoms with Gasteiger partial charge in [0.15, 0.2) is 5.69 Å². The number of alkyl halides is 3. The number of H-pyrrole nitrogens is 1. The molecule has 4 rings (SSSR count). The van der Waals surface area contributed by atoms with Crippen LogP contribution in [0.4, 0.5) is 13.2 Å². The van der Waals surface area contributed by atoms with E-state index in [2.05, 4.69) is 15.1 Å². The van der Waals surface area contributed by atoms with Gasteiger partial charge in [-0.1, -0.05) is 37.2 Å². The Hall–Kier alpha value is -2.57. The highest BCUT2D eigenvalue weighted by molar-refractivity contribution is 6.21. The molecule has 7 heteroatoms. The van der Waals surface area contributed by atoms with Crippen molar-refractivity contribution in [1.82, 2.24) is 9.97 Å². The van der Waals surface area contributed by atoms with Crippen LogP contribution in [0.3, 0.4) is 0 Å². The second-order valence-corrected chi connectivity index (χ2v) is 7.26. The molecule has 0 radical (unpaired) electrons. The fourth-order valence-electron chi connectivity index (χ4n) is 3.76. The third-order valence-electron chi connectivity index (χ3n) is 4.70. The number of para-hydroxylation sites is 1. The number of hydrogen-bond acceptors (Lipinski definition) is 3. The van der Waals surface area contributed by atoms with Crippen LogP contribution in [0.2, 0.25) is 0 Å². The number of oxime groups is 1. The van der Waals surface area contributed by atoms with E-state index in [0.29, 0.717) is 46.1 Å². The number of fused-ring (bicyclic) bond motifs is 5. The zero-order valence-corrected chi connectivity index (χ0v) is 13.7. The first-order chi connectivity index (χ1) is 11.7. The number of aromatic nitrogens is 2. The van der Waals surface area contributed by atoms with E-state index < -0.39 is 11.9 Å². The van der Waals surface area contributed by atoms with Crippen molar-refractivity contribution in [3.63, 3.8) is 0 Å². The lowest BCUT2D eigenvalue weighted by atomic mass is 9.74. The Morgan fingerprint density at radius 1 is 1.20 bits per heavy atom. The normalized spacial score (nSPS) is 18.8. The van der Waals surface area contributed by atoms with E-state index >= 15 is 0 Å². The summed E-state index contributed by atoms with van der Waals surface area (Å²) in [6.45, 7) is 3.85. The van der Waals surface area contributed by atoms with Gasteiger partial charge in [0.05, 0.1) is 16.9 Å². The van der Waals surface area contributed by atoms with Crippen molar-refractivity contribution in [2.24, 2.45) is 10.6 Å². The van der Waals surface area contributed by atoms with E-state index in [9.17, 15) is 18.4 Å². The number of pyridine rings is 1. The zero-order chi connectivity index (χ0) is 18.0. The molecule has 0 saturated carbocycles. The molecule has 4 nitrogen and oxygen atoms in total. The fourth-order valence-corrected chi connectivity index (χ4v) is 3.76. The highest BCUT2D eigenvalue weighted by Gasteiger charge is 2.40. The fraction of sp³-hybridized carbons (Fsp3) is 0.333. The molecule has 1 aromatic carbocycles. The third-order valence-corrected chi connectivity index (χ3v) is 4.70. The van der Waals surface area contributed by atoms with Crippen LogP contribution in [0, 0.1) is 5.41 Å². The van der Waals surface area contributed by atoms with E-state index in [1.54, 1.807) is 24.3 Å². The van der Waals surface area contributed by atoms with Crippen LogP contribution in [0.5, 0.6) is 0 Å². The van der Waals surface area contributed by atoms with Crippen LogP contribution in [-0.2, 0) is 12.6 Å². The Kier molecular flexibility index (Phi) is 3.17. The maximum Gasteiger partial charge on any atom is 0.435 e. The Bertz CT molecular complexity index is 1030. The maximum absolute atomic E-state index is 13.6. The summed E-state index contributed by atoms with van der Waals surface area (Å²) in [7, 11) is 0. The predicted molar refractivity (Wildman–Crippen MR) is 89.0 cm³/mol. The molecule has 0 bridgehead atoms. The molecule has 3 aromatic rings. The summed E-state index contributed by atoms with van der Waals surface area (Å²) in [5.74, 6) is 0. The molecular formula is C18H16F3N3O. The van der Waals surface area contributed by atoms with Crippen molar-refractivity contribution in [2.75, 3.05) is 0 Å². The summed E-state index contributed by atoms with van der Waals surface area (Å²) >= 11 is 0. The summed E-state index contributed by atoms with van der Waals surface area (Å²) in [6, 6.07) is 7.03. The average Bonchev–Trinajstić information content (AvgIpc) is 2.90. The van der Waals surface area contributed by atoms with Gasteiger partial charge < -0.3 is 10.2 Å². The van der Waals surface area contributed by atoms with Crippen molar-refractivity contribution in [3.8, 4) is 0 Å². The lowest BCUT2D eigenvalue weighted by Gasteiger charge is -2.31. The van der Waals surface area contributed by atoms with Crippen molar-refractivity contribution in [1.29, 1.82) is 0 Å². The topological polar surface area (TPSA) is 61.3 Å². The summed E-state index contributed by atoms with van der Waals surface area (Å²) in [4.78, 5) is 6.80. The first-order valence-electron chi connectivity index (χ1n) is 7.93. The molecule has 2 N–H and O–H groups in total. The largest absolute Gasteiger partial charge is 0.435 e. The average molecular weight is 347 g/mol. The smallest absolute Gasteiger partial charge is 0.411 e. The summed E-state index contributed by atoms with van der Waals surface area (Å²) in [6.07, 6.45) is -3.72. The molecule has 0 saturated heterocycles. The molecule has 2 aromatic heterocycles. The van der Waals surface area contributed by atoms with Gasteiger partial charge in [0.25, 0.3) is 0 Å². The summed E-state index contributed by atoms with van der Waals surface area (Å²) < 4.78 is 40.9. The van der Waals surface area contributed by atoms with Crippen LogP contribution >= 0.6 is 0 Å². The molecular weight excluding hydrogens is 331 g/mol. The molecule has 1 aliphatic rings. The van der Waals surface area contributed by atoms with Gasteiger partial charge in [-0.3, -0.25) is 0 Å². The van der Waals surface area contributed by atoms with Gasteiger partial charge in [-0.15, -0.1) is 0 Å². The third kappa shape index (κ3) is 2.37. The number of hydrogen-bond donors (Lipinski definition) is 2. The number of rotatable bonds is 0. The minimum absolute atomic E-state index is 0.0618. The molecule has 0 fully saturated rings. The van der Waals surface area contributed by atoms with E-state index in [1.807, 2.05) is 13.8 Å². The highest BCUT2D eigenvalue weighted by Crippen LogP contribution is 2.43. The molecule has 0 atom stereocenters. The Labute approximate surface area is 141 Å². The number of nitrogens with zero attached hydrogens (tertiary/aromatic N) is 2. The minimum Gasteiger partial charge on any atom is -0.411 e. The van der Waals surface area contributed by atoms with Gasteiger partial charge >= 0.3 is 6.18 Å². The van der Waals surface area contributed by atoms with E-state index in [-0.39, 0.29) is 10.9 Å². The van der Waals surface area contributed by atoms with Gasteiger partial charge in [0.2, 0.25) is 0 Å². The number of nitrogens with one attached hydrogen (secondary N) is 1. The van der Waals surface area contributed by atoms with Crippen LogP contribution in [0.15, 0.2) is 29.4 Å². The Morgan fingerprint density at radius 3 is 2.60 bits per heavy atom. The first kappa shape index (κ1) is 15.9. The Morgan fingerprint density at radius 2 is 1.92 bits per heavy atom. The summed E-state index contributed by atoms with van der Waals surface area (Å²) in [5.41, 5.74) is 0.503. The molecule has 130 valence electrons. The molecule has 0 aliphatic heterocycles. The molecule has 0 unspecified atom stereocenters. The van der Waals surface area contributed by atoms with E-state index in [0.717, 1.165) is 0 Å². The van der Waals surface area contributed by atoms with Gasteiger partial charge in [-0.05, 0) is 24.3 Å². The number of benzene rings is 1. The molecule has 1 aliphatic carbocycles. The van der Waals surface area contributed by atoms with Crippen LogP contribution in [0.1, 0.15) is 37.2 Å².